The van der Waals surface area contributed by atoms with Crippen molar-refractivity contribution in [3.05, 3.63) is 54.1 Å². The summed E-state index contributed by atoms with van der Waals surface area (Å²) in [5.74, 6) is 1.46. The molecule has 2 aromatic rings. The van der Waals surface area contributed by atoms with Crippen LogP contribution < -0.4 is 20.1 Å². The molecule has 0 aliphatic heterocycles. The molecule has 1 atom stereocenters. The second-order valence-electron chi connectivity index (χ2n) is 5.45. The van der Waals surface area contributed by atoms with E-state index in [0.717, 1.165) is 11.3 Å². The fraction of sp³-hybridized carbons (Fsp3) is 0.316. The lowest BCUT2D eigenvalue weighted by atomic mass is 10.1. The van der Waals surface area contributed by atoms with Crippen LogP contribution in [0.15, 0.2) is 48.5 Å². The maximum absolute atomic E-state index is 12.2. The number of nitrogens with one attached hydrogen (secondary N) is 1. The maximum atomic E-state index is 12.2. The summed E-state index contributed by atoms with van der Waals surface area (Å²) >= 11 is 0. The van der Waals surface area contributed by atoms with Crippen molar-refractivity contribution in [2.45, 2.75) is 19.9 Å². The fourth-order valence-corrected chi connectivity index (χ4v) is 2.51. The van der Waals surface area contributed by atoms with Crippen LogP contribution in [0.5, 0.6) is 11.5 Å². The van der Waals surface area contributed by atoms with Gasteiger partial charge in [0.25, 0.3) is 5.91 Å². The zero-order chi connectivity index (χ0) is 17.4. The number of benzene rings is 2. The normalized spacial score (nSPS) is 11.6. The van der Waals surface area contributed by atoms with Crippen LogP contribution in [0.3, 0.4) is 0 Å². The first-order valence-corrected chi connectivity index (χ1v) is 8.13. The number of methoxy groups -OCH3 is 1. The minimum absolute atomic E-state index is 0.0658. The molecule has 5 nitrogen and oxygen atoms in total. The van der Waals surface area contributed by atoms with Crippen LogP contribution in [0.25, 0.3) is 0 Å². The van der Waals surface area contributed by atoms with E-state index >= 15 is 0 Å². The van der Waals surface area contributed by atoms with Gasteiger partial charge >= 0.3 is 0 Å². The summed E-state index contributed by atoms with van der Waals surface area (Å²) in [5, 5.41) is 4.89. The van der Waals surface area contributed by atoms with Crippen LogP contribution in [-0.4, -0.2) is 26.2 Å². The SMILES string of the molecule is CCOc1ccccc1NC(=O)C[NH2+][C@H](C)c1ccccc1OC. The molecular formula is C19H25N2O3+. The minimum atomic E-state index is -0.0658. The number of carbonyl (C=O) groups excluding carboxylic acids is 1. The molecule has 0 fully saturated rings. The first-order chi connectivity index (χ1) is 11.7. The number of amides is 1. The molecule has 0 bridgehead atoms. The van der Waals surface area contributed by atoms with E-state index in [-0.39, 0.29) is 11.9 Å². The second-order valence-corrected chi connectivity index (χ2v) is 5.45. The Morgan fingerprint density at radius 3 is 2.50 bits per heavy atom. The summed E-state index contributed by atoms with van der Waals surface area (Å²) in [4.78, 5) is 12.2. The molecule has 2 rings (SSSR count). The van der Waals surface area contributed by atoms with E-state index < -0.39 is 0 Å². The van der Waals surface area contributed by atoms with Crippen molar-refractivity contribution in [2.75, 3.05) is 25.6 Å². The number of anilines is 1. The van der Waals surface area contributed by atoms with E-state index in [1.165, 1.54) is 0 Å². The molecule has 0 aromatic heterocycles. The molecule has 0 aliphatic rings. The van der Waals surface area contributed by atoms with Crippen LogP contribution in [0.1, 0.15) is 25.5 Å². The van der Waals surface area contributed by atoms with Crippen LogP contribution in [0.2, 0.25) is 0 Å². The number of para-hydroxylation sites is 3. The molecule has 1 amide bonds. The van der Waals surface area contributed by atoms with Gasteiger partial charge in [-0.15, -0.1) is 0 Å². The van der Waals surface area contributed by atoms with Crippen molar-refractivity contribution in [3.63, 3.8) is 0 Å². The highest BCUT2D eigenvalue weighted by molar-refractivity contribution is 5.92. The monoisotopic (exact) mass is 329 g/mol. The standard InChI is InChI=1S/C19H24N2O3/c1-4-24-18-12-8-6-10-16(18)21-19(22)13-20-14(2)15-9-5-7-11-17(15)23-3/h5-12,14,20H,4,13H2,1-3H3,(H,21,22)/p+1/t14-/m1/s1. The van der Waals surface area contributed by atoms with E-state index in [2.05, 4.69) is 12.2 Å². The van der Waals surface area contributed by atoms with Gasteiger partial charge in [-0.1, -0.05) is 24.3 Å². The van der Waals surface area contributed by atoms with E-state index in [4.69, 9.17) is 9.47 Å². The predicted molar refractivity (Wildman–Crippen MR) is 94.4 cm³/mol. The summed E-state index contributed by atoms with van der Waals surface area (Å²) in [5.41, 5.74) is 1.77. The number of hydrogen-bond donors (Lipinski definition) is 2. The Hall–Kier alpha value is -2.53. The maximum Gasteiger partial charge on any atom is 0.279 e. The van der Waals surface area contributed by atoms with Gasteiger partial charge in [-0.3, -0.25) is 4.79 Å². The lowest BCUT2D eigenvalue weighted by Crippen LogP contribution is -2.86. The van der Waals surface area contributed by atoms with E-state index in [9.17, 15) is 4.79 Å². The minimum Gasteiger partial charge on any atom is -0.496 e. The van der Waals surface area contributed by atoms with E-state index in [1.54, 1.807) is 7.11 Å². The Kier molecular flexibility index (Phi) is 6.63. The Morgan fingerprint density at radius 2 is 1.79 bits per heavy atom. The van der Waals surface area contributed by atoms with Crippen molar-refractivity contribution in [3.8, 4) is 11.5 Å². The molecule has 128 valence electrons. The van der Waals surface area contributed by atoms with Gasteiger partial charge in [0.2, 0.25) is 0 Å². The van der Waals surface area contributed by atoms with Crippen LogP contribution in [-0.2, 0) is 4.79 Å². The lowest BCUT2D eigenvalue weighted by molar-refractivity contribution is -0.682. The summed E-state index contributed by atoms with van der Waals surface area (Å²) in [6.45, 7) is 4.85. The average molecular weight is 329 g/mol. The number of hydrogen-bond acceptors (Lipinski definition) is 3. The summed E-state index contributed by atoms with van der Waals surface area (Å²) in [6.07, 6.45) is 0. The van der Waals surface area contributed by atoms with Crippen LogP contribution >= 0.6 is 0 Å². The zero-order valence-electron chi connectivity index (χ0n) is 14.4. The van der Waals surface area contributed by atoms with E-state index in [1.807, 2.05) is 60.8 Å². The molecule has 0 radical (unpaired) electrons. The zero-order valence-corrected chi connectivity index (χ0v) is 14.4. The Bertz CT molecular complexity index is 673. The van der Waals surface area contributed by atoms with Gasteiger partial charge < -0.3 is 20.1 Å². The molecule has 0 saturated heterocycles. The largest absolute Gasteiger partial charge is 0.496 e. The van der Waals surface area contributed by atoms with Crippen molar-refractivity contribution in [1.82, 2.24) is 0 Å². The number of quaternary nitrogens is 1. The number of rotatable bonds is 8. The summed E-state index contributed by atoms with van der Waals surface area (Å²) in [7, 11) is 1.66. The summed E-state index contributed by atoms with van der Waals surface area (Å²) < 4.78 is 10.9. The van der Waals surface area contributed by atoms with Gasteiger partial charge in [-0.05, 0) is 38.1 Å². The average Bonchev–Trinajstić information content (AvgIpc) is 2.61. The number of ether oxygens (including phenoxy) is 2. The van der Waals surface area contributed by atoms with E-state index in [0.29, 0.717) is 24.6 Å². The van der Waals surface area contributed by atoms with Crippen LogP contribution in [0.4, 0.5) is 5.69 Å². The molecular weight excluding hydrogens is 304 g/mol. The van der Waals surface area contributed by atoms with Gasteiger partial charge in [0, 0.05) is 0 Å². The summed E-state index contributed by atoms with van der Waals surface area (Å²) in [6, 6.07) is 15.4. The Morgan fingerprint density at radius 1 is 1.12 bits per heavy atom. The molecule has 2 aromatic carbocycles. The van der Waals surface area contributed by atoms with Gasteiger partial charge in [0.1, 0.15) is 17.5 Å². The topological polar surface area (TPSA) is 64.2 Å². The third kappa shape index (κ3) is 4.73. The highest BCUT2D eigenvalue weighted by Crippen LogP contribution is 2.23. The Labute approximate surface area is 143 Å². The molecule has 24 heavy (non-hydrogen) atoms. The highest BCUT2D eigenvalue weighted by Gasteiger charge is 2.16. The van der Waals surface area contributed by atoms with Crippen molar-refractivity contribution >= 4 is 11.6 Å². The van der Waals surface area contributed by atoms with Gasteiger partial charge in [0.15, 0.2) is 6.54 Å². The number of carbonyl (C=O) groups is 1. The molecule has 0 unspecified atom stereocenters. The highest BCUT2D eigenvalue weighted by atomic mass is 16.5. The first-order valence-electron chi connectivity index (χ1n) is 8.13. The molecule has 0 heterocycles. The third-order valence-corrected chi connectivity index (χ3v) is 3.75. The van der Waals surface area contributed by atoms with Gasteiger partial charge in [-0.2, -0.15) is 0 Å². The first kappa shape index (κ1) is 17.8. The van der Waals surface area contributed by atoms with Crippen molar-refractivity contribution in [2.24, 2.45) is 0 Å². The third-order valence-electron chi connectivity index (χ3n) is 3.75. The molecule has 0 saturated carbocycles. The Balaban J connectivity index is 1.94. The van der Waals surface area contributed by atoms with Gasteiger partial charge in [-0.25, -0.2) is 0 Å². The van der Waals surface area contributed by atoms with Crippen molar-refractivity contribution in [1.29, 1.82) is 0 Å². The van der Waals surface area contributed by atoms with Gasteiger partial charge in [0.05, 0.1) is 25.0 Å². The van der Waals surface area contributed by atoms with Crippen LogP contribution in [0, 0.1) is 0 Å². The molecule has 5 heteroatoms. The smallest absolute Gasteiger partial charge is 0.279 e. The quantitative estimate of drug-likeness (QED) is 0.781. The predicted octanol–water partition coefficient (Wildman–Crippen LogP) is 2.36. The molecule has 3 N–H and O–H groups in total. The lowest BCUT2D eigenvalue weighted by Gasteiger charge is -2.15. The molecule has 0 spiro atoms. The molecule has 0 aliphatic carbocycles. The number of nitrogens with two attached hydrogens (primary N) is 1. The van der Waals surface area contributed by atoms with Crippen molar-refractivity contribution < 1.29 is 19.6 Å². The fourth-order valence-electron chi connectivity index (χ4n) is 2.51. The second kappa shape index (κ2) is 8.93.